The molecular formula is C26H25F3N6O2. The summed E-state index contributed by atoms with van der Waals surface area (Å²) in [6.45, 7) is 0.709. The summed E-state index contributed by atoms with van der Waals surface area (Å²) in [5.74, 6) is 0.671. The molecule has 37 heavy (non-hydrogen) atoms. The highest BCUT2D eigenvalue weighted by molar-refractivity contribution is 6.04. The number of alkyl halides is 3. The molecule has 0 atom stereocenters. The minimum atomic E-state index is -4.45. The third-order valence-electron chi connectivity index (χ3n) is 5.46. The Kier molecular flexibility index (Phi) is 7.53. The molecule has 0 radical (unpaired) electrons. The van der Waals surface area contributed by atoms with Gasteiger partial charge in [-0.15, -0.1) is 10.2 Å². The normalized spacial score (nSPS) is 11.5. The van der Waals surface area contributed by atoms with Gasteiger partial charge in [-0.2, -0.15) is 13.2 Å². The average molecular weight is 511 g/mol. The predicted molar refractivity (Wildman–Crippen MR) is 132 cm³/mol. The van der Waals surface area contributed by atoms with Crippen LogP contribution in [0.1, 0.15) is 27.3 Å². The van der Waals surface area contributed by atoms with Crippen LogP contribution in [0, 0.1) is 0 Å². The van der Waals surface area contributed by atoms with E-state index in [9.17, 15) is 18.0 Å². The summed E-state index contributed by atoms with van der Waals surface area (Å²) in [7, 11) is 5.67. The number of carbonyl (C=O) groups is 1. The molecule has 4 rings (SSSR count). The maximum atomic E-state index is 12.9. The molecule has 2 aromatic carbocycles. The van der Waals surface area contributed by atoms with E-state index in [1.54, 1.807) is 35.9 Å². The fourth-order valence-electron chi connectivity index (χ4n) is 3.55. The molecule has 0 aliphatic heterocycles. The first-order valence-electron chi connectivity index (χ1n) is 11.3. The molecule has 0 spiro atoms. The van der Waals surface area contributed by atoms with Gasteiger partial charge in [-0.1, -0.05) is 18.2 Å². The van der Waals surface area contributed by atoms with Crippen LogP contribution in [0.25, 0.3) is 11.5 Å². The number of hydrogen-bond acceptors (Lipinski definition) is 6. The smallest absolute Gasteiger partial charge is 0.416 e. The van der Waals surface area contributed by atoms with E-state index in [0.29, 0.717) is 28.6 Å². The van der Waals surface area contributed by atoms with E-state index in [1.165, 1.54) is 18.3 Å². The van der Waals surface area contributed by atoms with Crippen molar-refractivity contribution in [2.45, 2.75) is 19.3 Å². The van der Waals surface area contributed by atoms with Crippen LogP contribution in [0.3, 0.4) is 0 Å². The molecule has 0 saturated heterocycles. The van der Waals surface area contributed by atoms with Crippen molar-refractivity contribution in [1.29, 1.82) is 0 Å². The van der Waals surface area contributed by atoms with Crippen molar-refractivity contribution in [1.82, 2.24) is 24.6 Å². The molecule has 2 aromatic heterocycles. The summed E-state index contributed by atoms with van der Waals surface area (Å²) >= 11 is 0. The number of nitrogens with zero attached hydrogens (tertiary/aromatic N) is 5. The van der Waals surface area contributed by atoms with Gasteiger partial charge >= 0.3 is 6.18 Å². The van der Waals surface area contributed by atoms with Gasteiger partial charge < -0.3 is 19.5 Å². The topological polar surface area (TPSA) is 85.2 Å². The van der Waals surface area contributed by atoms with Gasteiger partial charge in [0.25, 0.3) is 5.91 Å². The molecule has 0 aliphatic carbocycles. The first-order chi connectivity index (χ1) is 17.6. The molecule has 4 aromatic rings. The molecule has 0 saturated carbocycles. The van der Waals surface area contributed by atoms with Gasteiger partial charge in [-0.05, 0) is 62.1 Å². The predicted octanol–water partition coefficient (Wildman–Crippen LogP) is 4.79. The van der Waals surface area contributed by atoms with E-state index < -0.39 is 11.7 Å². The highest BCUT2D eigenvalue weighted by Crippen LogP contribution is 2.31. The molecule has 2 heterocycles. The molecule has 0 bridgehead atoms. The van der Waals surface area contributed by atoms with Crippen LogP contribution in [0.5, 0.6) is 5.75 Å². The number of rotatable bonds is 8. The number of aromatic nitrogens is 4. The average Bonchev–Trinajstić information content (AvgIpc) is 3.23. The highest BCUT2D eigenvalue weighted by atomic mass is 19.4. The van der Waals surface area contributed by atoms with Crippen LogP contribution in [-0.4, -0.2) is 44.7 Å². The lowest BCUT2D eigenvalue weighted by Gasteiger charge is -2.10. The van der Waals surface area contributed by atoms with Crippen molar-refractivity contribution in [3.8, 4) is 17.3 Å². The van der Waals surface area contributed by atoms with Crippen molar-refractivity contribution in [3.05, 3.63) is 89.4 Å². The van der Waals surface area contributed by atoms with Gasteiger partial charge in [0.15, 0.2) is 11.6 Å². The number of carbonyl (C=O) groups excluding carboxylic acids is 1. The Morgan fingerprint density at radius 2 is 1.81 bits per heavy atom. The second-order valence-corrected chi connectivity index (χ2v) is 8.63. The molecular weight excluding hydrogens is 485 g/mol. The van der Waals surface area contributed by atoms with Crippen LogP contribution in [0.4, 0.5) is 18.9 Å². The number of anilines is 1. The molecule has 1 N–H and O–H groups in total. The second kappa shape index (κ2) is 10.8. The van der Waals surface area contributed by atoms with E-state index >= 15 is 0 Å². The molecule has 0 aliphatic rings. The van der Waals surface area contributed by atoms with Crippen LogP contribution in [-0.2, 0) is 26.4 Å². The summed E-state index contributed by atoms with van der Waals surface area (Å²) in [5.41, 5.74) is 1.87. The number of benzene rings is 2. The summed E-state index contributed by atoms with van der Waals surface area (Å²) < 4.78 is 45.9. The number of hydrogen-bond donors (Lipinski definition) is 1. The Hall–Kier alpha value is -4.25. The van der Waals surface area contributed by atoms with Crippen LogP contribution < -0.4 is 10.1 Å². The first kappa shape index (κ1) is 25.8. The van der Waals surface area contributed by atoms with Crippen LogP contribution in [0.2, 0.25) is 0 Å². The number of pyridine rings is 1. The minimum absolute atomic E-state index is 0.0740. The molecule has 11 heteroatoms. The van der Waals surface area contributed by atoms with Crippen molar-refractivity contribution in [2.24, 2.45) is 7.05 Å². The van der Waals surface area contributed by atoms with E-state index in [-0.39, 0.29) is 18.3 Å². The standard InChI is InChI=1S/C26H25F3N6O2/c1-34(2)15-17-7-9-18(10-8-17)25(36)31-20-11-12-22(30-14-20)24-33-32-23(35(24)3)16-37-21-6-4-5-19(13-21)26(27,28)29/h4-14H,15-16H2,1-3H3,(H,31,36). The zero-order chi connectivity index (χ0) is 26.6. The van der Waals surface area contributed by atoms with Gasteiger partial charge in [-0.25, -0.2) is 0 Å². The van der Waals surface area contributed by atoms with Crippen molar-refractivity contribution >= 4 is 11.6 Å². The van der Waals surface area contributed by atoms with Crippen molar-refractivity contribution in [2.75, 3.05) is 19.4 Å². The lowest BCUT2D eigenvalue weighted by molar-refractivity contribution is -0.137. The lowest BCUT2D eigenvalue weighted by atomic mass is 10.1. The van der Waals surface area contributed by atoms with Crippen LogP contribution in [0.15, 0.2) is 66.9 Å². The Morgan fingerprint density at radius 3 is 2.46 bits per heavy atom. The van der Waals surface area contributed by atoms with Crippen molar-refractivity contribution < 1.29 is 22.7 Å². The third kappa shape index (κ3) is 6.50. The fraction of sp³-hybridized carbons (Fsp3) is 0.231. The number of ether oxygens (including phenoxy) is 1. The van der Waals surface area contributed by atoms with Gasteiger partial charge in [0, 0.05) is 19.2 Å². The third-order valence-corrected chi connectivity index (χ3v) is 5.46. The summed E-state index contributed by atoms with van der Waals surface area (Å²) in [6, 6.07) is 15.4. The summed E-state index contributed by atoms with van der Waals surface area (Å²) in [6.07, 6.45) is -2.94. The quantitative estimate of drug-likeness (QED) is 0.367. The van der Waals surface area contributed by atoms with Gasteiger partial charge in [0.1, 0.15) is 18.1 Å². The number of halogens is 3. The maximum Gasteiger partial charge on any atom is 0.416 e. The van der Waals surface area contributed by atoms with E-state index in [0.717, 1.165) is 24.2 Å². The number of nitrogens with one attached hydrogen (secondary N) is 1. The van der Waals surface area contributed by atoms with E-state index in [1.807, 2.05) is 31.1 Å². The molecule has 0 fully saturated rings. The Bertz CT molecular complexity index is 1370. The Morgan fingerprint density at radius 1 is 1.05 bits per heavy atom. The second-order valence-electron chi connectivity index (χ2n) is 8.63. The SMILES string of the molecule is CN(C)Cc1ccc(C(=O)Nc2ccc(-c3nnc(COc4cccc(C(F)(F)F)c4)n3C)nc2)cc1. The first-order valence-corrected chi connectivity index (χ1v) is 11.3. The van der Waals surface area contributed by atoms with Crippen molar-refractivity contribution in [3.63, 3.8) is 0 Å². The number of amides is 1. The van der Waals surface area contributed by atoms with E-state index in [4.69, 9.17) is 4.74 Å². The fourth-order valence-corrected chi connectivity index (χ4v) is 3.55. The molecule has 8 nitrogen and oxygen atoms in total. The molecule has 0 unspecified atom stereocenters. The van der Waals surface area contributed by atoms with E-state index in [2.05, 4.69) is 20.5 Å². The minimum Gasteiger partial charge on any atom is -0.486 e. The maximum absolute atomic E-state index is 12.9. The Labute approximate surface area is 211 Å². The molecule has 192 valence electrons. The van der Waals surface area contributed by atoms with Gasteiger partial charge in [0.05, 0.1) is 17.4 Å². The summed E-state index contributed by atoms with van der Waals surface area (Å²) in [5, 5.41) is 11.0. The monoisotopic (exact) mass is 510 g/mol. The zero-order valence-electron chi connectivity index (χ0n) is 20.5. The summed E-state index contributed by atoms with van der Waals surface area (Å²) in [4.78, 5) is 19.0. The lowest BCUT2D eigenvalue weighted by Crippen LogP contribution is -2.13. The highest BCUT2D eigenvalue weighted by Gasteiger charge is 2.30. The zero-order valence-corrected chi connectivity index (χ0v) is 20.5. The van der Waals surface area contributed by atoms with Gasteiger partial charge in [-0.3, -0.25) is 9.78 Å². The largest absolute Gasteiger partial charge is 0.486 e. The van der Waals surface area contributed by atoms with Gasteiger partial charge in [0.2, 0.25) is 0 Å². The molecule has 1 amide bonds. The van der Waals surface area contributed by atoms with Crippen LogP contribution >= 0.6 is 0 Å². The Balaban J connectivity index is 1.39.